The standard InChI is InChI=1S/C13H18O3/c1-10(8-14)11(2)16-9-12-4-6-13(15-3)7-5-12/h4-8,10-11H,9H2,1-3H3/t10-,11?/m0/s1. The molecule has 2 atom stereocenters. The zero-order valence-corrected chi connectivity index (χ0v) is 9.97. The van der Waals surface area contributed by atoms with E-state index in [1.807, 2.05) is 38.1 Å². The average molecular weight is 222 g/mol. The van der Waals surface area contributed by atoms with Crippen molar-refractivity contribution >= 4 is 6.29 Å². The summed E-state index contributed by atoms with van der Waals surface area (Å²) in [7, 11) is 1.64. The molecule has 1 aromatic rings. The lowest BCUT2D eigenvalue weighted by Gasteiger charge is -2.15. The number of methoxy groups -OCH3 is 1. The molecular weight excluding hydrogens is 204 g/mol. The van der Waals surface area contributed by atoms with Crippen molar-refractivity contribution in [2.75, 3.05) is 7.11 Å². The molecule has 1 unspecified atom stereocenters. The first kappa shape index (κ1) is 12.7. The molecule has 0 aliphatic carbocycles. The van der Waals surface area contributed by atoms with Gasteiger partial charge in [-0.1, -0.05) is 19.1 Å². The number of ether oxygens (including phenoxy) is 2. The van der Waals surface area contributed by atoms with Crippen LogP contribution in [0.25, 0.3) is 0 Å². The summed E-state index contributed by atoms with van der Waals surface area (Å²) < 4.78 is 10.6. The number of benzene rings is 1. The Morgan fingerprint density at radius 3 is 2.38 bits per heavy atom. The number of carbonyl (C=O) groups is 1. The maximum absolute atomic E-state index is 10.5. The maximum atomic E-state index is 10.5. The van der Waals surface area contributed by atoms with E-state index in [4.69, 9.17) is 9.47 Å². The number of hydrogen-bond acceptors (Lipinski definition) is 3. The van der Waals surface area contributed by atoms with Gasteiger partial charge in [-0.15, -0.1) is 0 Å². The number of rotatable bonds is 6. The van der Waals surface area contributed by atoms with Crippen LogP contribution < -0.4 is 4.74 Å². The highest BCUT2D eigenvalue weighted by molar-refractivity contribution is 5.53. The summed E-state index contributed by atoms with van der Waals surface area (Å²) in [6, 6.07) is 7.70. The lowest BCUT2D eigenvalue weighted by Crippen LogP contribution is -2.18. The Bertz CT molecular complexity index is 318. The van der Waals surface area contributed by atoms with Crippen LogP contribution in [0.2, 0.25) is 0 Å². The van der Waals surface area contributed by atoms with Gasteiger partial charge in [-0.3, -0.25) is 0 Å². The molecule has 16 heavy (non-hydrogen) atoms. The highest BCUT2D eigenvalue weighted by atomic mass is 16.5. The van der Waals surface area contributed by atoms with Gasteiger partial charge in [0, 0.05) is 5.92 Å². The predicted octanol–water partition coefficient (Wildman–Crippen LogP) is 2.44. The molecule has 0 heterocycles. The van der Waals surface area contributed by atoms with Crippen LogP contribution in [0.15, 0.2) is 24.3 Å². The van der Waals surface area contributed by atoms with E-state index in [-0.39, 0.29) is 12.0 Å². The van der Waals surface area contributed by atoms with Crippen molar-refractivity contribution < 1.29 is 14.3 Å². The van der Waals surface area contributed by atoms with Crippen LogP contribution in [-0.2, 0) is 16.1 Å². The topological polar surface area (TPSA) is 35.5 Å². The van der Waals surface area contributed by atoms with Crippen LogP contribution in [0, 0.1) is 5.92 Å². The zero-order chi connectivity index (χ0) is 12.0. The van der Waals surface area contributed by atoms with E-state index in [1.54, 1.807) is 7.11 Å². The van der Waals surface area contributed by atoms with Gasteiger partial charge in [0.15, 0.2) is 0 Å². The lowest BCUT2D eigenvalue weighted by atomic mass is 10.1. The molecule has 0 aliphatic heterocycles. The molecule has 0 fully saturated rings. The summed E-state index contributed by atoms with van der Waals surface area (Å²) >= 11 is 0. The Balaban J connectivity index is 2.45. The van der Waals surface area contributed by atoms with Crippen molar-refractivity contribution in [1.82, 2.24) is 0 Å². The van der Waals surface area contributed by atoms with E-state index in [0.717, 1.165) is 17.6 Å². The van der Waals surface area contributed by atoms with E-state index in [1.165, 1.54) is 0 Å². The van der Waals surface area contributed by atoms with Gasteiger partial charge in [0.25, 0.3) is 0 Å². The molecule has 0 saturated heterocycles. The van der Waals surface area contributed by atoms with Crippen LogP contribution in [0.3, 0.4) is 0 Å². The first-order valence-electron chi connectivity index (χ1n) is 5.37. The van der Waals surface area contributed by atoms with Gasteiger partial charge in [0.05, 0.1) is 19.8 Å². The fraction of sp³-hybridized carbons (Fsp3) is 0.462. The molecule has 0 aromatic heterocycles. The van der Waals surface area contributed by atoms with Gasteiger partial charge in [0.2, 0.25) is 0 Å². The van der Waals surface area contributed by atoms with Crippen LogP contribution in [0.5, 0.6) is 5.75 Å². The van der Waals surface area contributed by atoms with Crippen LogP contribution >= 0.6 is 0 Å². The van der Waals surface area contributed by atoms with Crippen molar-refractivity contribution in [3.63, 3.8) is 0 Å². The Morgan fingerprint density at radius 2 is 1.88 bits per heavy atom. The minimum Gasteiger partial charge on any atom is -0.497 e. The number of hydrogen-bond donors (Lipinski definition) is 0. The van der Waals surface area contributed by atoms with Gasteiger partial charge in [-0.05, 0) is 24.6 Å². The van der Waals surface area contributed by atoms with Crippen molar-refractivity contribution in [3.8, 4) is 5.75 Å². The molecule has 0 amide bonds. The second-order valence-electron chi connectivity index (χ2n) is 3.86. The smallest absolute Gasteiger partial charge is 0.125 e. The molecule has 0 spiro atoms. The summed E-state index contributed by atoms with van der Waals surface area (Å²) in [5.74, 6) is 0.760. The largest absolute Gasteiger partial charge is 0.497 e. The minimum atomic E-state index is -0.0711. The van der Waals surface area contributed by atoms with Crippen molar-refractivity contribution in [3.05, 3.63) is 29.8 Å². The fourth-order valence-corrected chi connectivity index (χ4v) is 1.21. The molecule has 3 heteroatoms. The van der Waals surface area contributed by atoms with Gasteiger partial charge in [-0.2, -0.15) is 0 Å². The normalized spacial score (nSPS) is 14.2. The fourth-order valence-electron chi connectivity index (χ4n) is 1.21. The van der Waals surface area contributed by atoms with E-state index in [0.29, 0.717) is 6.61 Å². The van der Waals surface area contributed by atoms with Gasteiger partial charge in [-0.25, -0.2) is 0 Å². The molecule has 1 rings (SSSR count). The predicted molar refractivity (Wildman–Crippen MR) is 62.5 cm³/mol. The van der Waals surface area contributed by atoms with Crippen molar-refractivity contribution in [1.29, 1.82) is 0 Å². The molecule has 0 N–H and O–H groups in total. The summed E-state index contributed by atoms with van der Waals surface area (Å²) in [6.07, 6.45) is 0.859. The third-order valence-electron chi connectivity index (χ3n) is 2.63. The monoisotopic (exact) mass is 222 g/mol. The zero-order valence-electron chi connectivity index (χ0n) is 9.97. The highest BCUT2D eigenvalue weighted by Crippen LogP contribution is 2.13. The quantitative estimate of drug-likeness (QED) is 0.693. The molecule has 0 bridgehead atoms. The summed E-state index contributed by atoms with van der Waals surface area (Å²) in [6.45, 7) is 4.28. The Kier molecular flexibility index (Phi) is 4.99. The average Bonchev–Trinajstić information content (AvgIpc) is 2.35. The second kappa shape index (κ2) is 6.28. The third kappa shape index (κ3) is 3.66. The number of carbonyl (C=O) groups excluding carboxylic acids is 1. The molecule has 88 valence electrons. The van der Waals surface area contributed by atoms with Crippen molar-refractivity contribution in [2.45, 2.75) is 26.6 Å². The SMILES string of the molecule is COc1ccc(COC(C)[C@@H](C)C=O)cc1. The first-order valence-corrected chi connectivity index (χ1v) is 5.37. The molecule has 0 saturated carbocycles. The summed E-state index contributed by atoms with van der Waals surface area (Å²) in [5.41, 5.74) is 1.07. The van der Waals surface area contributed by atoms with Gasteiger partial charge >= 0.3 is 0 Å². The summed E-state index contributed by atoms with van der Waals surface area (Å²) in [4.78, 5) is 10.5. The van der Waals surface area contributed by atoms with Crippen LogP contribution in [0.1, 0.15) is 19.4 Å². The van der Waals surface area contributed by atoms with E-state index >= 15 is 0 Å². The Morgan fingerprint density at radius 1 is 1.25 bits per heavy atom. The van der Waals surface area contributed by atoms with Crippen molar-refractivity contribution in [2.24, 2.45) is 5.92 Å². The highest BCUT2D eigenvalue weighted by Gasteiger charge is 2.11. The van der Waals surface area contributed by atoms with Crippen LogP contribution in [0.4, 0.5) is 0 Å². The second-order valence-corrected chi connectivity index (χ2v) is 3.86. The van der Waals surface area contributed by atoms with Gasteiger partial charge < -0.3 is 14.3 Å². The maximum Gasteiger partial charge on any atom is 0.125 e. The number of aldehydes is 1. The molecular formula is C13H18O3. The lowest BCUT2D eigenvalue weighted by molar-refractivity contribution is -0.115. The van der Waals surface area contributed by atoms with E-state index < -0.39 is 0 Å². The molecule has 0 aliphatic rings. The molecule has 3 nitrogen and oxygen atoms in total. The van der Waals surface area contributed by atoms with Crippen LogP contribution in [-0.4, -0.2) is 19.5 Å². The minimum absolute atomic E-state index is 0.0559. The Hall–Kier alpha value is -1.35. The molecule has 1 aromatic carbocycles. The third-order valence-corrected chi connectivity index (χ3v) is 2.63. The van der Waals surface area contributed by atoms with E-state index in [2.05, 4.69) is 0 Å². The van der Waals surface area contributed by atoms with E-state index in [9.17, 15) is 4.79 Å². The summed E-state index contributed by atoms with van der Waals surface area (Å²) in [5, 5.41) is 0. The van der Waals surface area contributed by atoms with Gasteiger partial charge in [0.1, 0.15) is 12.0 Å². The Labute approximate surface area is 96.4 Å². The molecule has 0 radical (unpaired) electrons. The first-order chi connectivity index (χ1) is 7.67.